The SMILES string of the molecule is CCNCC1CCCN(CC(C)(O)c2ccccc2)C1. The molecule has 1 saturated heterocycles. The largest absolute Gasteiger partial charge is 0.384 e. The average Bonchev–Trinajstić information content (AvgIpc) is 2.46. The van der Waals surface area contributed by atoms with Gasteiger partial charge in [0.2, 0.25) is 0 Å². The summed E-state index contributed by atoms with van der Waals surface area (Å²) in [5.74, 6) is 0.718. The summed E-state index contributed by atoms with van der Waals surface area (Å²) in [6, 6.07) is 10.0. The highest BCUT2D eigenvalue weighted by Crippen LogP contribution is 2.24. The summed E-state index contributed by atoms with van der Waals surface area (Å²) in [6.45, 7) is 9.14. The Bertz CT molecular complexity index is 391. The maximum atomic E-state index is 10.7. The zero-order chi connectivity index (χ0) is 14.4. The van der Waals surface area contributed by atoms with Crippen molar-refractivity contribution in [1.29, 1.82) is 0 Å². The first-order chi connectivity index (χ1) is 9.62. The predicted octanol–water partition coefficient (Wildman–Crippen LogP) is 2.22. The number of nitrogens with one attached hydrogen (secondary N) is 1. The third-order valence-electron chi connectivity index (χ3n) is 4.21. The van der Waals surface area contributed by atoms with Crippen molar-refractivity contribution < 1.29 is 5.11 Å². The topological polar surface area (TPSA) is 35.5 Å². The van der Waals surface area contributed by atoms with Gasteiger partial charge in [-0.15, -0.1) is 0 Å². The van der Waals surface area contributed by atoms with Crippen LogP contribution in [0.2, 0.25) is 0 Å². The van der Waals surface area contributed by atoms with E-state index in [1.165, 1.54) is 12.8 Å². The van der Waals surface area contributed by atoms with Gasteiger partial charge >= 0.3 is 0 Å². The molecule has 1 aromatic carbocycles. The zero-order valence-corrected chi connectivity index (χ0v) is 12.8. The number of piperidine rings is 1. The first-order valence-electron chi connectivity index (χ1n) is 7.83. The van der Waals surface area contributed by atoms with Crippen molar-refractivity contribution in [3.05, 3.63) is 35.9 Å². The summed E-state index contributed by atoms with van der Waals surface area (Å²) in [6.07, 6.45) is 2.54. The fourth-order valence-corrected chi connectivity index (χ4v) is 3.13. The molecule has 0 aromatic heterocycles. The van der Waals surface area contributed by atoms with E-state index in [1.807, 2.05) is 37.3 Å². The average molecular weight is 276 g/mol. The van der Waals surface area contributed by atoms with Crippen LogP contribution in [0.25, 0.3) is 0 Å². The highest BCUT2D eigenvalue weighted by Gasteiger charge is 2.28. The Morgan fingerprint density at radius 1 is 1.35 bits per heavy atom. The second kappa shape index (κ2) is 7.21. The number of aliphatic hydroxyl groups is 1. The molecule has 0 bridgehead atoms. The van der Waals surface area contributed by atoms with Crippen LogP contribution in [0.5, 0.6) is 0 Å². The molecule has 20 heavy (non-hydrogen) atoms. The maximum Gasteiger partial charge on any atom is 0.0994 e. The van der Waals surface area contributed by atoms with Gasteiger partial charge in [-0.25, -0.2) is 0 Å². The Hall–Kier alpha value is -0.900. The molecule has 2 unspecified atom stereocenters. The molecule has 1 aromatic rings. The summed E-state index contributed by atoms with van der Waals surface area (Å²) >= 11 is 0. The smallest absolute Gasteiger partial charge is 0.0994 e. The fraction of sp³-hybridized carbons (Fsp3) is 0.647. The number of hydrogen-bond acceptors (Lipinski definition) is 3. The lowest BCUT2D eigenvalue weighted by molar-refractivity contribution is 0.00330. The van der Waals surface area contributed by atoms with Crippen molar-refractivity contribution in [2.24, 2.45) is 5.92 Å². The predicted molar refractivity (Wildman–Crippen MR) is 83.7 cm³/mol. The summed E-state index contributed by atoms with van der Waals surface area (Å²) in [5.41, 5.74) is 0.246. The van der Waals surface area contributed by atoms with Crippen LogP contribution in [0.15, 0.2) is 30.3 Å². The molecule has 1 heterocycles. The Morgan fingerprint density at radius 3 is 2.80 bits per heavy atom. The molecule has 3 heteroatoms. The monoisotopic (exact) mass is 276 g/mol. The lowest BCUT2D eigenvalue weighted by atomic mass is 9.92. The first-order valence-corrected chi connectivity index (χ1v) is 7.83. The molecule has 1 aliphatic rings. The lowest BCUT2D eigenvalue weighted by Gasteiger charge is -2.37. The van der Waals surface area contributed by atoms with Crippen molar-refractivity contribution in [1.82, 2.24) is 10.2 Å². The fourth-order valence-electron chi connectivity index (χ4n) is 3.13. The van der Waals surface area contributed by atoms with Crippen LogP contribution in [0, 0.1) is 5.92 Å². The highest BCUT2D eigenvalue weighted by atomic mass is 16.3. The van der Waals surface area contributed by atoms with E-state index in [0.717, 1.165) is 44.2 Å². The van der Waals surface area contributed by atoms with Crippen LogP contribution >= 0.6 is 0 Å². The van der Waals surface area contributed by atoms with Gasteiger partial charge in [-0.3, -0.25) is 4.90 Å². The Kier molecular flexibility index (Phi) is 5.58. The number of rotatable bonds is 6. The van der Waals surface area contributed by atoms with Crippen LogP contribution in [0.3, 0.4) is 0 Å². The molecule has 1 aliphatic heterocycles. The number of β-amino-alcohol motifs (C(OH)–C–C–N with tert-alkyl or cyclic N) is 1. The van der Waals surface area contributed by atoms with Crippen LogP contribution in [-0.4, -0.2) is 42.7 Å². The number of likely N-dealkylation sites (tertiary alicyclic amines) is 1. The van der Waals surface area contributed by atoms with Crippen molar-refractivity contribution in [3.8, 4) is 0 Å². The number of benzene rings is 1. The van der Waals surface area contributed by atoms with E-state index >= 15 is 0 Å². The van der Waals surface area contributed by atoms with E-state index in [2.05, 4.69) is 17.1 Å². The van der Waals surface area contributed by atoms with E-state index in [-0.39, 0.29) is 0 Å². The Labute approximate surface area is 123 Å². The van der Waals surface area contributed by atoms with E-state index in [0.29, 0.717) is 0 Å². The van der Waals surface area contributed by atoms with Crippen molar-refractivity contribution in [2.75, 3.05) is 32.7 Å². The molecular weight excluding hydrogens is 248 g/mol. The molecule has 2 rings (SSSR count). The minimum atomic E-state index is -0.763. The van der Waals surface area contributed by atoms with Crippen LogP contribution in [0.1, 0.15) is 32.3 Å². The van der Waals surface area contributed by atoms with Gasteiger partial charge in [-0.05, 0) is 50.9 Å². The first kappa shape index (κ1) is 15.5. The summed E-state index contributed by atoms with van der Waals surface area (Å²) in [5, 5.41) is 14.2. The molecular formula is C17H28N2O. The molecule has 0 radical (unpaired) electrons. The van der Waals surface area contributed by atoms with Gasteiger partial charge in [0.1, 0.15) is 0 Å². The molecule has 0 spiro atoms. The van der Waals surface area contributed by atoms with Gasteiger partial charge in [0.25, 0.3) is 0 Å². The summed E-state index contributed by atoms with van der Waals surface area (Å²) in [4.78, 5) is 2.42. The zero-order valence-electron chi connectivity index (χ0n) is 12.8. The van der Waals surface area contributed by atoms with Gasteiger partial charge in [0.15, 0.2) is 0 Å². The van der Waals surface area contributed by atoms with Crippen molar-refractivity contribution >= 4 is 0 Å². The van der Waals surface area contributed by atoms with E-state index < -0.39 is 5.60 Å². The Morgan fingerprint density at radius 2 is 2.10 bits per heavy atom. The van der Waals surface area contributed by atoms with Crippen molar-refractivity contribution in [3.63, 3.8) is 0 Å². The molecule has 0 saturated carbocycles. The minimum Gasteiger partial charge on any atom is -0.384 e. The molecule has 2 atom stereocenters. The molecule has 0 aliphatic carbocycles. The Balaban J connectivity index is 1.91. The van der Waals surface area contributed by atoms with Crippen LogP contribution in [-0.2, 0) is 5.60 Å². The van der Waals surface area contributed by atoms with Crippen LogP contribution in [0.4, 0.5) is 0 Å². The second-order valence-corrected chi connectivity index (χ2v) is 6.19. The summed E-state index contributed by atoms with van der Waals surface area (Å²) < 4.78 is 0. The summed E-state index contributed by atoms with van der Waals surface area (Å²) in [7, 11) is 0. The molecule has 112 valence electrons. The quantitative estimate of drug-likeness (QED) is 0.836. The molecule has 2 N–H and O–H groups in total. The normalized spacial score (nSPS) is 23.4. The number of hydrogen-bond donors (Lipinski definition) is 2. The molecule has 0 amide bonds. The van der Waals surface area contributed by atoms with Crippen LogP contribution < -0.4 is 5.32 Å². The molecule has 3 nitrogen and oxygen atoms in total. The molecule has 1 fully saturated rings. The van der Waals surface area contributed by atoms with Crippen molar-refractivity contribution in [2.45, 2.75) is 32.3 Å². The van der Waals surface area contributed by atoms with Gasteiger partial charge < -0.3 is 10.4 Å². The van der Waals surface area contributed by atoms with E-state index in [9.17, 15) is 5.11 Å². The maximum absolute atomic E-state index is 10.7. The standard InChI is InChI=1S/C17H28N2O/c1-3-18-12-15-8-7-11-19(13-15)14-17(2,20)16-9-5-4-6-10-16/h4-6,9-10,15,18,20H,3,7-8,11-14H2,1-2H3. The van der Waals surface area contributed by atoms with Gasteiger partial charge in [0, 0.05) is 13.1 Å². The highest BCUT2D eigenvalue weighted by molar-refractivity contribution is 5.21. The van der Waals surface area contributed by atoms with E-state index in [1.54, 1.807) is 0 Å². The third-order valence-corrected chi connectivity index (χ3v) is 4.21. The van der Waals surface area contributed by atoms with Gasteiger partial charge in [0.05, 0.1) is 5.60 Å². The minimum absolute atomic E-state index is 0.718. The third kappa shape index (κ3) is 4.30. The van der Waals surface area contributed by atoms with E-state index in [4.69, 9.17) is 0 Å². The lowest BCUT2D eigenvalue weighted by Crippen LogP contribution is -2.45. The second-order valence-electron chi connectivity index (χ2n) is 6.19. The number of nitrogens with zero attached hydrogens (tertiary/aromatic N) is 1. The van der Waals surface area contributed by atoms with Gasteiger partial charge in [-0.1, -0.05) is 37.3 Å². The van der Waals surface area contributed by atoms with Gasteiger partial charge in [-0.2, -0.15) is 0 Å².